The van der Waals surface area contributed by atoms with Gasteiger partial charge in [0.05, 0.1) is 0 Å². The summed E-state index contributed by atoms with van der Waals surface area (Å²) in [5.41, 5.74) is 1.59. The highest BCUT2D eigenvalue weighted by atomic mass is 16.5. The number of carbonyl (C=O) groups is 1. The number of rotatable bonds is 4. The van der Waals surface area contributed by atoms with Gasteiger partial charge in [0.1, 0.15) is 11.9 Å². The van der Waals surface area contributed by atoms with Crippen molar-refractivity contribution in [3.8, 4) is 5.75 Å². The Morgan fingerprint density at radius 2 is 1.53 bits per heavy atom. The first kappa shape index (κ1) is 11.4. The molecule has 2 aromatic carbocycles. The molecule has 0 bridgehead atoms. The van der Waals surface area contributed by atoms with Crippen LogP contribution in [0.25, 0.3) is 0 Å². The molecule has 0 fully saturated rings. The van der Waals surface area contributed by atoms with Crippen LogP contribution in [0.15, 0.2) is 54.6 Å². The van der Waals surface area contributed by atoms with Gasteiger partial charge in [0, 0.05) is 0 Å². The third kappa shape index (κ3) is 2.71. The monoisotopic (exact) mass is 228 g/mol. The van der Waals surface area contributed by atoms with Gasteiger partial charge in [-0.25, -0.2) is 0 Å². The molecule has 0 spiro atoms. The van der Waals surface area contributed by atoms with Gasteiger partial charge in [-0.3, -0.25) is 4.79 Å². The molecule has 0 aromatic heterocycles. The molecule has 0 saturated carbocycles. The van der Waals surface area contributed by atoms with E-state index in [0.717, 1.165) is 11.1 Å². The predicted molar refractivity (Wildman–Crippen MR) is 63.6 cm³/mol. The molecule has 0 aliphatic carbocycles. The van der Waals surface area contributed by atoms with E-state index in [1.807, 2.05) is 30.3 Å². The van der Waals surface area contributed by atoms with Crippen molar-refractivity contribution in [3.63, 3.8) is 0 Å². The second-order valence-corrected chi connectivity index (χ2v) is 3.60. The lowest BCUT2D eigenvalue weighted by Crippen LogP contribution is -1.99. The first-order chi connectivity index (χ1) is 8.31. The van der Waals surface area contributed by atoms with Crippen molar-refractivity contribution < 1.29 is 14.6 Å². The van der Waals surface area contributed by atoms with E-state index in [4.69, 9.17) is 0 Å². The fourth-order valence-electron chi connectivity index (χ4n) is 1.61. The molecule has 3 nitrogen and oxygen atoms in total. The maximum absolute atomic E-state index is 10.1. The quantitative estimate of drug-likeness (QED) is 0.817. The zero-order valence-electron chi connectivity index (χ0n) is 9.11. The average molecular weight is 228 g/mol. The fourth-order valence-corrected chi connectivity index (χ4v) is 1.61. The van der Waals surface area contributed by atoms with Crippen LogP contribution < -0.4 is 4.74 Å². The minimum Gasteiger partial charge on any atom is -0.429 e. The highest BCUT2D eigenvalue weighted by Gasteiger charge is 2.09. The largest absolute Gasteiger partial charge is 0.429 e. The normalized spacial score (nSPS) is 11.8. The minimum atomic E-state index is -0.665. The van der Waals surface area contributed by atoms with Crippen LogP contribution in [0.1, 0.15) is 17.2 Å². The molecular weight excluding hydrogens is 216 g/mol. The maximum Gasteiger partial charge on any atom is 0.298 e. The van der Waals surface area contributed by atoms with Crippen LogP contribution in [0, 0.1) is 0 Å². The molecule has 86 valence electrons. The third-order valence-corrected chi connectivity index (χ3v) is 2.50. The van der Waals surface area contributed by atoms with Gasteiger partial charge >= 0.3 is 0 Å². The van der Waals surface area contributed by atoms with Crippen molar-refractivity contribution in [2.45, 2.75) is 6.10 Å². The van der Waals surface area contributed by atoms with Crippen LogP contribution in [0.5, 0.6) is 5.75 Å². The molecule has 0 radical (unpaired) electrons. The Balaban J connectivity index is 2.20. The van der Waals surface area contributed by atoms with Gasteiger partial charge in [-0.1, -0.05) is 42.5 Å². The van der Waals surface area contributed by atoms with Gasteiger partial charge in [-0.05, 0) is 23.3 Å². The number of aliphatic hydroxyl groups excluding tert-OH is 1. The summed E-state index contributed by atoms with van der Waals surface area (Å²) >= 11 is 0. The number of aliphatic hydroxyl groups is 1. The Labute approximate surface area is 99.3 Å². The van der Waals surface area contributed by atoms with Crippen LogP contribution in [0.4, 0.5) is 0 Å². The molecule has 1 N–H and O–H groups in total. The van der Waals surface area contributed by atoms with E-state index < -0.39 is 6.10 Å². The summed E-state index contributed by atoms with van der Waals surface area (Å²) in [5.74, 6) is 0.462. The Bertz CT molecular complexity index is 477. The van der Waals surface area contributed by atoms with Crippen LogP contribution in [-0.2, 0) is 4.79 Å². The van der Waals surface area contributed by atoms with E-state index in [-0.39, 0.29) is 0 Å². The first-order valence-electron chi connectivity index (χ1n) is 5.24. The van der Waals surface area contributed by atoms with Crippen molar-refractivity contribution in [1.29, 1.82) is 0 Å². The molecule has 2 rings (SSSR count). The molecule has 0 amide bonds. The van der Waals surface area contributed by atoms with Crippen LogP contribution in [-0.4, -0.2) is 11.6 Å². The summed E-state index contributed by atoms with van der Waals surface area (Å²) in [4.78, 5) is 10.1. The average Bonchev–Trinajstić information content (AvgIpc) is 2.40. The lowest BCUT2D eigenvalue weighted by atomic mass is 10.0. The zero-order chi connectivity index (χ0) is 12.1. The molecule has 1 atom stereocenters. The summed E-state index contributed by atoms with van der Waals surface area (Å²) in [6, 6.07) is 16.1. The Morgan fingerprint density at radius 1 is 0.941 bits per heavy atom. The molecule has 0 aliphatic heterocycles. The highest BCUT2D eigenvalue weighted by molar-refractivity contribution is 5.45. The van der Waals surface area contributed by atoms with E-state index in [2.05, 4.69) is 4.74 Å². The van der Waals surface area contributed by atoms with Crippen molar-refractivity contribution in [1.82, 2.24) is 0 Å². The van der Waals surface area contributed by atoms with Gasteiger partial charge in [-0.2, -0.15) is 0 Å². The van der Waals surface area contributed by atoms with Crippen LogP contribution in [0.3, 0.4) is 0 Å². The van der Waals surface area contributed by atoms with Gasteiger partial charge in [0.25, 0.3) is 6.47 Å². The Hall–Kier alpha value is -2.13. The van der Waals surface area contributed by atoms with Gasteiger partial charge < -0.3 is 9.84 Å². The molecule has 1 unspecified atom stereocenters. The summed E-state index contributed by atoms with van der Waals surface area (Å²) in [6.07, 6.45) is -0.665. The number of hydrogen-bond donors (Lipinski definition) is 1. The van der Waals surface area contributed by atoms with Gasteiger partial charge in [-0.15, -0.1) is 0 Å². The van der Waals surface area contributed by atoms with Crippen LogP contribution in [0.2, 0.25) is 0 Å². The molecule has 17 heavy (non-hydrogen) atoms. The van der Waals surface area contributed by atoms with Crippen molar-refractivity contribution in [2.75, 3.05) is 0 Å². The molecule has 2 aromatic rings. The number of carbonyl (C=O) groups excluding carboxylic acids is 1. The van der Waals surface area contributed by atoms with E-state index >= 15 is 0 Å². The lowest BCUT2D eigenvalue weighted by molar-refractivity contribution is -0.120. The number of ether oxygens (including phenoxy) is 1. The minimum absolute atomic E-state index is 0.378. The summed E-state index contributed by atoms with van der Waals surface area (Å²) < 4.78 is 4.68. The topological polar surface area (TPSA) is 46.5 Å². The second-order valence-electron chi connectivity index (χ2n) is 3.60. The lowest BCUT2D eigenvalue weighted by Gasteiger charge is -2.11. The zero-order valence-corrected chi connectivity index (χ0v) is 9.11. The molecular formula is C14H12O3. The van der Waals surface area contributed by atoms with Gasteiger partial charge in [0.15, 0.2) is 0 Å². The highest BCUT2D eigenvalue weighted by Crippen LogP contribution is 2.23. The Kier molecular flexibility index (Phi) is 3.52. The van der Waals surface area contributed by atoms with Crippen molar-refractivity contribution in [3.05, 3.63) is 65.7 Å². The molecule has 0 heterocycles. The summed E-state index contributed by atoms with van der Waals surface area (Å²) in [6.45, 7) is 0.378. The van der Waals surface area contributed by atoms with Crippen molar-refractivity contribution in [2.24, 2.45) is 0 Å². The smallest absolute Gasteiger partial charge is 0.298 e. The van der Waals surface area contributed by atoms with Crippen molar-refractivity contribution >= 4 is 6.47 Å². The van der Waals surface area contributed by atoms with E-state index in [1.165, 1.54) is 0 Å². The standard InChI is InChI=1S/C14H12O3/c15-10-17-13-8-6-12(7-9-13)14(16)11-4-2-1-3-5-11/h1-10,14,16H. The molecule has 3 heteroatoms. The van der Waals surface area contributed by atoms with E-state index in [9.17, 15) is 9.90 Å². The van der Waals surface area contributed by atoms with Gasteiger partial charge in [0.2, 0.25) is 0 Å². The fraction of sp³-hybridized carbons (Fsp3) is 0.0714. The predicted octanol–water partition coefficient (Wildman–Crippen LogP) is 2.30. The molecule has 0 aliphatic rings. The summed E-state index contributed by atoms with van der Waals surface area (Å²) in [7, 11) is 0. The number of hydrogen-bond acceptors (Lipinski definition) is 3. The van der Waals surface area contributed by atoms with E-state index in [0.29, 0.717) is 12.2 Å². The maximum atomic E-state index is 10.1. The molecule has 0 saturated heterocycles. The SMILES string of the molecule is O=COc1ccc(C(O)c2ccccc2)cc1. The Morgan fingerprint density at radius 3 is 2.12 bits per heavy atom. The third-order valence-electron chi connectivity index (χ3n) is 2.50. The second kappa shape index (κ2) is 5.27. The summed E-state index contributed by atoms with van der Waals surface area (Å²) in [5, 5.41) is 10.1. The number of benzene rings is 2. The van der Waals surface area contributed by atoms with E-state index in [1.54, 1.807) is 24.3 Å². The first-order valence-corrected chi connectivity index (χ1v) is 5.24. The van der Waals surface area contributed by atoms with Crippen LogP contribution >= 0.6 is 0 Å².